The normalized spacial score (nSPS) is 28.7. The summed E-state index contributed by atoms with van der Waals surface area (Å²) in [4.78, 5) is 16.9. The Morgan fingerprint density at radius 2 is 1.94 bits per heavy atom. The molecule has 1 saturated carbocycles. The van der Waals surface area contributed by atoms with Crippen molar-refractivity contribution in [3.05, 3.63) is 0 Å². The van der Waals surface area contributed by atoms with Crippen LogP contribution in [0.4, 0.5) is 0 Å². The van der Waals surface area contributed by atoms with Gasteiger partial charge >= 0.3 is 0 Å². The number of carbonyl (C=O) groups is 1. The third-order valence-corrected chi connectivity index (χ3v) is 4.22. The van der Waals surface area contributed by atoms with E-state index in [0.717, 1.165) is 25.9 Å². The van der Waals surface area contributed by atoms with E-state index in [9.17, 15) is 4.79 Å². The first-order valence-corrected chi connectivity index (χ1v) is 6.95. The number of hydrogen-bond acceptors (Lipinski definition) is 3. The van der Waals surface area contributed by atoms with Crippen molar-refractivity contribution in [3.63, 3.8) is 0 Å². The number of likely N-dealkylation sites (N-methyl/N-ethyl adjacent to an activating group) is 1. The quantitative estimate of drug-likeness (QED) is 0.793. The van der Waals surface area contributed by atoms with Crippen molar-refractivity contribution in [1.29, 1.82) is 0 Å². The molecule has 2 N–H and O–H groups in total. The zero-order valence-corrected chi connectivity index (χ0v) is 10.9. The molecule has 1 unspecified atom stereocenters. The van der Waals surface area contributed by atoms with Gasteiger partial charge in [-0.1, -0.05) is 12.8 Å². The van der Waals surface area contributed by atoms with Gasteiger partial charge in [-0.25, -0.2) is 0 Å². The summed E-state index contributed by atoms with van der Waals surface area (Å²) in [6.07, 6.45) is 6.85. The maximum Gasteiger partial charge on any atom is 0.240 e. The van der Waals surface area contributed by atoms with Gasteiger partial charge in [-0.2, -0.15) is 0 Å². The number of nitrogens with zero attached hydrogens (tertiary/aromatic N) is 2. The number of nitrogens with two attached hydrogens (primary N) is 1. The molecule has 0 bridgehead atoms. The highest BCUT2D eigenvalue weighted by Crippen LogP contribution is 2.26. The van der Waals surface area contributed by atoms with E-state index < -0.39 is 0 Å². The van der Waals surface area contributed by atoms with Crippen molar-refractivity contribution in [2.45, 2.75) is 50.6 Å². The van der Waals surface area contributed by atoms with E-state index in [1.165, 1.54) is 25.7 Å². The smallest absolute Gasteiger partial charge is 0.240 e. The highest BCUT2D eigenvalue weighted by atomic mass is 16.2. The number of rotatable bonds is 3. The van der Waals surface area contributed by atoms with Crippen molar-refractivity contribution in [1.82, 2.24) is 9.80 Å². The Kier molecular flexibility index (Phi) is 4.40. The highest BCUT2D eigenvalue weighted by molar-refractivity contribution is 5.82. The molecular formula is C13H25N3O. The molecule has 2 aliphatic rings. The minimum Gasteiger partial charge on any atom is -0.338 e. The summed E-state index contributed by atoms with van der Waals surface area (Å²) in [6.45, 7) is 2.55. The van der Waals surface area contributed by atoms with Crippen molar-refractivity contribution < 1.29 is 4.79 Å². The standard InChI is InChI=1S/C13H25N3O/c1-15-9-4-10-16(11-5-2-3-6-11)13(17)12(15)7-8-14/h11-12H,2-10,14H2,1H3. The Hall–Kier alpha value is -0.610. The molecular weight excluding hydrogens is 214 g/mol. The molecule has 1 aliphatic carbocycles. The first-order valence-electron chi connectivity index (χ1n) is 6.95. The van der Waals surface area contributed by atoms with E-state index >= 15 is 0 Å². The molecule has 1 aliphatic heterocycles. The lowest BCUT2D eigenvalue weighted by molar-refractivity contribution is -0.137. The summed E-state index contributed by atoms with van der Waals surface area (Å²) >= 11 is 0. The molecule has 2 fully saturated rings. The van der Waals surface area contributed by atoms with Crippen LogP contribution in [0.1, 0.15) is 38.5 Å². The van der Waals surface area contributed by atoms with Gasteiger partial charge in [0.15, 0.2) is 0 Å². The van der Waals surface area contributed by atoms with Crippen LogP contribution in [-0.2, 0) is 4.79 Å². The topological polar surface area (TPSA) is 49.6 Å². The second kappa shape index (κ2) is 5.83. The van der Waals surface area contributed by atoms with Gasteiger partial charge in [0.25, 0.3) is 0 Å². The van der Waals surface area contributed by atoms with Crippen molar-refractivity contribution in [2.24, 2.45) is 5.73 Å². The fourth-order valence-electron chi connectivity index (χ4n) is 3.22. The van der Waals surface area contributed by atoms with Crippen LogP contribution in [-0.4, -0.2) is 54.5 Å². The molecule has 2 rings (SSSR count). The van der Waals surface area contributed by atoms with E-state index in [2.05, 4.69) is 16.8 Å². The van der Waals surface area contributed by atoms with E-state index in [1.54, 1.807) is 0 Å². The molecule has 1 saturated heterocycles. The Labute approximate surface area is 104 Å². The summed E-state index contributed by atoms with van der Waals surface area (Å²) in [6, 6.07) is 0.525. The predicted octanol–water partition coefficient (Wildman–Crippen LogP) is 0.811. The molecule has 98 valence electrons. The minimum atomic E-state index is 0.0168. The molecule has 0 aromatic carbocycles. The maximum absolute atomic E-state index is 12.6. The number of carbonyl (C=O) groups excluding carboxylic acids is 1. The Bertz CT molecular complexity index is 263. The summed E-state index contributed by atoms with van der Waals surface area (Å²) in [5, 5.41) is 0. The van der Waals surface area contributed by atoms with E-state index in [0.29, 0.717) is 18.5 Å². The third kappa shape index (κ3) is 2.80. The first-order chi connectivity index (χ1) is 8.24. The van der Waals surface area contributed by atoms with Crippen molar-refractivity contribution in [3.8, 4) is 0 Å². The van der Waals surface area contributed by atoms with E-state index in [4.69, 9.17) is 5.73 Å². The lowest BCUT2D eigenvalue weighted by Gasteiger charge is -2.31. The molecule has 4 nitrogen and oxygen atoms in total. The van der Waals surface area contributed by atoms with Crippen LogP contribution >= 0.6 is 0 Å². The molecule has 0 spiro atoms. The minimum absolute atomic E-state index is 0.0168. The van der Waals surface area contributed by atoms with Gasteiger partial charge in [-0.3, -0.25) is 9.69 Å². The van der Waals surface area contributed by atoms with Crippen LogP contribution in [0.2, 0.25) is 0 Å². The Balaban J connectivity index is 2.07. The van der Waals surface area contributed by atoms with Gasteiger partial charge < -0.3 is 10.6 Å². The van der Waals surface area contributed by atoms with Gasteiger partial charge in [0.2, 0.25) is 5.91 Å². The van der Waals surface area contributed by atoms with Crippen LogP contribution in [0.5, 0.6) is 0 Å². The number of hydrogen-bond donors (Lipinski definition) is 1. The van der Waals surface area contributed by atoms with E-state index in [-0.39, 0.29) is 6.04 Å². The molecule has 1 heterocycles. The first kappa shape index (κ1) is 12.8. The van der Waals surface area contributed by atoms with Crippen LogP contribution in [0.15, 0.2) is 0 Å². The van der Waals surface area contributed by atoms with Gasteiger partial charge in [0.1, 0.15) is 0 Å². The lowest BCUT2D eigenvalue weighted by Crippen LogP contribution is -2.48. The zero-order valence-electron chi connectivity index (χ0n) is 10.9. The molecule has 1 amide bonds. The van der Waals surface area contributed by atoms with Crippen LogP contribution in [0.25, 0.3) is 0 Å². The average molecular weight is 239 g/mol. The third-order valence-electron chi connectivity index (χ3n) is 4.22. The zero-order chi connectivity index (χ0) is 12.3. The Morgan fingerprint density at radius 1 is 1.24 bits per heavy atom. The van der Waals surface area contributed by atoms with Gasteiger partial charge in [-0.15, -0.1) is 0 Å². The molecule has 4 heteroatoms. The summed E-state index contributed by atoms with van der Waals surface area (Å²) in [5.41, 5.74) is 5.64. The van der Waals surface area contributed by atoms with Gasteiger partial charge in [0, 0.05) is 19.1 Å². The van der Waals surface area contributed by atoms with Crippen LogP contribution < -0.4 is 5.73 Å². The summed E-state index contributed by atoms with van der Waals surface area (Å²) < 4.78 is 0. The highest BCUT2D eigenvalue weighted by Gasteiger charge is 2.34. The predicted molar refractivity (Wildman–Crippen MR) is 68.7 cm³/mol. The lowest BCUT2D eigenvalue weighted by atomic mass is 10.1. The fourth-order valence-corrected chi connectivity index (χ4v) is 3.22. The SMILES string of the molecule is CN1CCCN(C2CCCC2)C(=O)C1CCN. The molecule has 0 aromatic rings. The fraction of sp³-hybridized carbons (Fsp3) is 0.923. The van der Waals surface area contributed by atoms with E-state index in [1.807, 2.05) is 0 Å². The monoisotopic (exact) mass is 239 g/mol. The Morgan fingerprint density at radius 3 is 2.59 bits per heavy atom. The van der Waals surface area contributed by atoms with Crippen LogP contribution in [0.3, 0.4) is 0 Å². The van der Waals surface area contributed by atoms with Crippen molar-refractivity contribution in [2.75, 3.05) is 26.7 Å². The molecule has 0 aromatic heterocycles. The van der Waals surface area contributed by atoms with Gasteiger partial charge in [0.05, 0.1) is 6.04 Å². The second-order valence-corrected chi connectivity index (χ2v) is 5.40. The molecule has 17 heavy (non-hydrogen) atoms. The van der Waals surface area contributed by atoms with Crippen molar-refractivity contribution >= 4 is 5.91 Å². The average Bonchev–Trinajstić information content (AvgIpc) is 2.80. The van der Waals surface area contributed by atoms with Gasteiger partial charge in [-0.05, 0) is 39.3 Å². The maximum atomic E-state index is 12.6. The molecule has 0 radical (unpaired) electrons. The van der Waals surface area contributed by atoms with Crippen LogP contribution in [0, 0.1) is 0 Å². The largest absolute Gasteiger partial charge is 0.338 e. The summed E-state index contributed by atoms with van der Waals surface area (Å²) in [7, 11) is 2.05. The summed E-state index contributed by atoms with van der Waals surface area (Å²) in [5.74, 6) is 0.322. The molecule has 1 atom stereocenters. The number of amides is 1. The second-order valence-electron chi connectivity index (χ2n) is 5.40.